The smallest absolute Gasteiger partial charge is 0.238 e. The molecule has 0 N–H and O–H groups in total. The van der Waals surface area contributed by atoms with E-state index in [9.17, 15) is 9.59 Å². The number of anilines is 1. The number of allylic oxidation sites excluding steroid dienone is 3. The quantitative estimate of drug-likeness (QED) is 0.147. The second kappa shape index (κ2) is 9.93. The van der Waals surface area contributed by atoms with Gasteiger partial charge in [-0.1, -0.05) is 90.0 Å². The molecule has 4 aromatic carbocycles. The molecule has 1 saturated heterocycles. The number of hydrogen-bond donors (Lipinski definition) is 0. The molecule has 2 amide bonds. The SMILES string of the molecule is Cc1ccc(C(=C2C3C=CC2C2C(=O)N(c4ccc(N=Nc5ccccc5)cc4)C(=O)C32)c2ccc(C)cc2)cc1. The van der Waals surface area contributed by atoms with E-state index in [1.54, 1.807) is 24.3 Å². The molecular formula is C36H29N3O2. The number of amides is 2. The molecule has 5 nitrogen and oxygen atoms in total. The zero-order valence-corrected chi connectivity index (χ0v) is 22.9. The highest BCUT2D eigenvalue weighted by molar-refractivity contribution is 6.23. The van der Waals surface area contributed by atoms with Crippen molar-refractivity contribution in [3.63, 3.8) is 0 Å². The number of hydrogen-bond acceptors (Lipinski definition) is 4. The first kappa shape index (κ1) is 25.1. The first-order chi connectivity index (χ1) is 20.0. The fourth-order valence-electron chi connectivity index (χ4n) is 6.57. The van der Waals surface area contributed by atoms with Gasteiger partial charge in [0.15, 0.2) is 0 Å². The van der Waals surface area contributed by atoms with E-state index < -0.39 is 11.8 Å². The van der Waals surface area contributed by atoms with Crippen LogP contribution >= 0.6 is 0 Å². The van der Waals surface area contributed by atoms with Crippen LogP contribution in [-0.2, 0) is 9.59 Å². The minimum Gasteiger partial charge on any atom is -0.274 e. The molecule has 4 unspecified atom stereocenters. The zero-order chi connectivity index (χ0) is 28.1. The average molecular weight is 536 g/mol. The Bertz CT molecular complexity index is 1650. The maximum absolute atomic E-state index is 13.9. The molecule has 41 heavy (non-hydrogen) atoms. The summed E-state index contributed by atoms with van der Waals surface area (Å²) < 4.78 is 0. The molecule has 2 bridgehead atoms. The van der Waals surface area contributed by atoms with Crippen molar-refractivity contribution in [3.05, 3.63) is 143 Å². The maximum atomic E-state index is 13.9. The summed E-state index contributed by atoms with van der Waals surface area (Å²) >= 11 is 0. The molecule has 7 rings (SSSR count). The lowest BCUT2D eigenvalue weighted by molar-refractivity contribution is -0.122. The van der Waals surface area contributed by atoms with Crippen LogP contribution in [0.5, 0.6) is 0 Å². The van der Waals surface area contributed by atoms with Gasteiger partial charge >= 0.3 is 0 Å². The van der Waals surface area contributed by atoms with Crippen LogP contribution in [0.2, 0.25) is 0 Å². The predicted molar refractivity (Wildman–Crippen MR) is 161 cm³/mol. The highest BCUT2D eigenvalue weighted by Crippen LogP contribution is 2.59. The van der Waals surface area contributed by atoms with Crippen LogP contribution in [0.15, 0.2) is 131 Å². The van der Waals surface area contributed by atoms with Crippen molar-refractivity contribution >= 4 is 34.4 Å². The molecule has 3 aliphatic rings. The van der Waals surface area contributed by atoms with Crippen molar-refractivity contribution in [3.8, 4) is 0 Å². The van der Waals surface area contributed by atoms with Crippen molar-refractivity contribution in [2.45, 2.75) is 13.8 Å². The molecule has 1 heterocycles. The number of carbonyl (C=O) groups is 2. The Hall–Kier alpha value is -4.90. The van der Waals surface area contributed by atoms with E-state index in [1.165, 1.54) is 21.6 Å². The van der Waals surface area contributed by atoms with Gasteiger partial charge in [-0.15, -0.1) is 0 Å². The maximum Gasteiger partial charge on any atom is 0.238 e. The molecule has 2 fully saturated rings. The van der Waals surface area contributed by atoms with Crippen molar-refractivity contribution in [2.75, 3.05) is 4.90 Å². The van der Waals surface area contributed by atoms with Gasteiger partial charge in [0.25, 0.3) is 0 Å². The van der Waals surface area contributed by atoms with E-state index in [0.717, 1.165) is 22.4 Å². The van der Waals surface area contributed by atoms with Crippen LogP contribution in [0.3, 0.4) is 0 Å². The van der Waals surface area contributed by atoms with E-state index in [-0.39, 0.29) is 23.7 Å². The molecule has 4 aromatic rings. The van der Waals surface area contributed by atoms with Gasteiger partial charge in [-0.05, 0) is 72.5 Å². The lowest BCUT2D eigenvalue weighted by Gasteiger charge is -2.22. The molecular weight excluding hydrogens is 506 g/mol. The fourth-order valence-corrected chi connectivity index (χ4v) is 6.57. The summed E-state index contributed by atoms with van der Waals surface area (Å²) in [6, 6.07) is 33.8. The van der Waals surface area contributed by atoms with E-state index in [4.69, 9.17) is 0 Å². The molecule has 1 saturated carbocycles. The molecule has 4 atom stereocenters. The molecule has 0 aromatic heterocycles. The number of carbonyl (C=O) groups excluding carboxylic acids is 2. The largest absolute Gasteiger partial charge is 0.274 e. The standard InChI is InChI=1S/C36H29N3O2/c1-22-8-12-24(13-9-22)31(25-14-10-23(2)11-15-25)32-29-20-21-30(32)34-33(29)35(40)39(36(34)41)28-18-16-27(17-19-28)38-37-26-6-4-3-5-7-26/h3-21,29-30,33-34H,1-2H3. The first-order valence-corrected chi connectivity index (χ1v) is 14.0. The van der Waals surface area contributed by atoms with E-state index in [0.29, 0.717) is 11.4 Å². The topological polar surface area (TPSA) is 62.1 Å². The van der Waals surface area contributed by atoms with Crippen molar-refractivity contribution in [2.24, 2.45) is 33.9 Å². The zero-order valence-electron chi connectivity index (χ0n) is 22.9. The molecule has 200 valence electrons. The minimum absolute atomic E-state index is 0.108. The summed E-state index contributed by atoms with van der Waals surface area (Å²) in [6.45, 7) is 4.16. The Kier molecular flexibility index (Phi) is 6.08. The van der Waals surface area contributed by atoms with Crippen LogP contribution in [0.1, 0.15) is 22.3 Å². The monoisotopic (exact) mass is 535 g/mol. The predicted octanol–water partition coefficient (Wildman–Crippen LogP) is 8.14. The Labute approximate surface area is 239 Å². The van der Waals surface area contributed by atoms with Crippen LogP contribution in [0.4, 0.5) is 17.1 Å². The summed E-state index contributed by atoms with van der Waals surface area (Å²) in [7, 11) is 0. The summed E-state index contributed by atoms with van der Waals surface area (Å²) in [6.07, 6.45) is 4.29. The first-order valence-electron chi connectivity index (χ1n) is 14.0. The van der Waals surface area contributed by atoms with Crippen molar-refractivity contribution < 1.29 is 9.59 Å². The highest BCUT2D eigenvalue weighted by Gasteiger charge is 2.62. The molecule has 0 spiro atoms. The van der Waals surface area contributed by atoms with Crippen molar-refractivity contribution in [1.29, 1.82) is 0 Å². The minimum atomic E-state index is -0.393. The third kappa shape index (κ3) is 4.25. The molecule has 1 aliphatic heterocycles. The summed E-state index contributed by atoms with van der Waals surface area (Å²) in [5.41, 5.74) is 8.94. The van der Waals surface area contributed by atoms with Gasteiger partial charge in [0.05, 0.1) is 28.9 Å². The lowest BCUT2D eigenvalue weighted by Crippen LogP contribution is -2.33. The Morgan fingerprint density at radius 3 is 1.54 bits per heavy atom. The highest BCUT2D eigenvalue weighted by atomic mass is 16.2. The molecule has 5 heteroatoms. The van der Waals surface area contributed by atoms with E-state index in [2.05, 4.69) is 84.8 Å². The van der Waals surface area contributed by atoms with Gasteiger partial charge < -0.3 is 0 Å². The number of nitrogens with zero attached hydrogens (tertiary/aromatic N) is 3. The fraction of sp³-hybridized carbons (Fsp3) is 0.167. The van der Waals surface area contributed by atoms with Gasteiger partial charge in [0.2, 0.25) is 11.8 Å². The third-order valence-electron chi connectivity index (χ3n) is 8.53. The van der Waals surface area contributed by atoms with E-state index >= 15 is 0 Å². The molecule has 0 radical (unpaired) electrons. The third-order valence-corrected chi connectivity index (χ3v) is 8.53. The second-order valence-electron chi connectivity index (χ2n) is 11.1. The lowest BCUT2D eigenvalue weighted by atomic mass is 9.85. The van der Waals surface area contributed by atoms with E-state index in [1.807, 2.05) is 30.3 Å². The number of fused-ring (bicyclic) bond motifs is 5. The van der Waals surface area contributed by atoms with Gasteiger partial charge in [-0.25, -0.2) is 4.90 Å². The van der Waals surface area contributed by atoms with Gasteiger partial charge in [0.1, 0.15) is 0 Å². The van der Waals surface area contributed by atoms with Crippen LogP contribution in [-0.4, -0.2) is 11.8 Å². The van der Waals surface area contributed by atoms with Crippen LogP contribution in [0.25, 0.3) is 5.57 Å². The van der Waals surface area contributed by atoms with Gasteiger partial charge in [-0.2, -0.15) is 10.2 Å². The second-order valence-corrected chi connectivity index (χ2v) is 11.1. The normalized spacial score (nSPS) is 22.7. The van der Waals surface area contributed by atoms with Crippen LogP contribution in [0, 0.1) is 37.5 Å². The number of imide groups is 1. The number of rotatable bonds is 5. The summed E-state index contributed by atoms with van der Waals surface area (Å²) in [5.74, 6) is -1.25. The molecule has 2 aliphatic carbocycles. The van der Waals surface area contributed by atoms with Gasteiger partial charge in [-0.3, -0.25) is 9.59 Å². The average Bonchev–Trinajstić information content (AvgIpc) is 3.63. The summed E-state index contributed by atoms with van der Waals surface area (Å²) in [4.78, 5) is 29.2. The van der Waals surface area contributed by atoms with Gasteiger partial charge in [0, 0.05) is 11.8 Å². The summed E-state index contributed by atoms with van der Waals surface area (Å²) in [5, 5.41) is 8.55. The Balaban J connectivity index is 1.22. The number of benzene rings is 4. The van der Waals surface area contributed by atoms with Crippen LogP contribution < -0.4 is 4.90 Å². The number of aryl methyl sites for hydroxylation is 2. The number of azo groups is 1. The Morgan fingerprint density at radius 2 is 1.05 bits per heavy atom. The Morgan fingerprint density at radius 1 is 0.585 bits per heavy atom. The van der Waals surface area contributed by atoms with Crippen molar-refractivity contribution in [1.82, 2.24) is 0 Å².